The van der Waals surface area contributed by atoms with Gasteiger partial charge in [0.05, 0.1) is 7.11 Å². The molecule has 0 spiro atoms. The van der Waals surface area contributed by atoms with Crippen molar-refractivity contribution in [1.82, 2.24) is 4.90 Å². The van der Waals surface area contributed by atoms with E-state index in [4.69, 9.17) is 16.3 Å². The van der Waals surface area contributed by atoms with Gasteiger partial charge in [0, 0.05) is 31.0 Å². The highest BCUT2D eigenvalue weighted by molar-refractivity contribution is 6.83. The van der Waals surface area contributed by atoms with Gasteiger partial charge in [-0.1, -0.05) is 42.9 Å². The minimum Gasteiger partial charge on any atom is -0.497 e. The van der Waals surface area contributed by atoms with E-state index in [0.29, 0.717) is 6.42 Å². The van der Waals surface area contributed by atoms with Crippen LogP contribution in [0.5, 0.6) is 5.75 Å². The lowest BCUT2D eigenvalue weighted by atomic mass is 9.77. The maximum absolute atomic E-state index is 13.1. The number of methoxy groups -OCH3 is 1. The molecule has 0 unspecified atom stereocenters. The van der Waals surface area contributed by atoms with Gasteiger partial charge in [0.25, 0.3) is 0 Å². The van der Waals surface area contributed by atoms with E-state index >= 15 is 0 Å². The molecule has 31 heavy (non-hydrogen) atoms. The number of piperidine rings is 1. The maximum atomic E-state index is 13.1. The van der Waals surface area contributed by atoms with Gasteiger partial charge in [0.2, 0.25) is 0 Å². The third-order valence-electron chi connectivity index (χ3n) is 6.55. The second kappa shape index (κ2) is 9.53. The lowest BCUT2D eigenvalue weighted by molar-refractivity contribution is -0.128. The normalized spacial score (nSPS) is 26.3. The number of rotatable bonds is 5. The number of Topliss-reactive ketones (excluding diaryl/α,β-unsaturated/α-hetero) is 1. The number of nitrogens with zero attached hydrogens (tertiary/aromatic N) is 1. The van der Waals surface area contributed by atoms with Crippen LogP contribution in [0.4, 0.5) is 0 Å². The van der Waals surface area contributed by atoms with Crippen molar-refractivity contribution < 1.29 is 9.53 Å². The molecule has 2 heterocycles. The lowest BCUT2D eigenvalue weighted by Gasteiger charge is -2.48. The first-order valence-electron chi connectivity index (χ1n) is 11.3. The summed E-state index contributed by atoms with van der Waals surface area (Å²) in [6.07, 6.45) is 4.02. The average molecular weight is 458 g/mol. The van der Waals surface area contributed by atoms with Crippen LogP contribution in [-0.2, 0) is 11.2 Å². The zero-order chi connectivity index (χ0) is 22.8. The van der Waals surface area contributed by atoms with Crippen molar-refractivity contribution in [3.63, 3.8) is 0 Å². The molecule has 0 bridgehead atoms. The second-order valence-corrected chi connectivity index (χ2v) is 15.6. The number of hydrogen-bond donors (Lipinski definition) is 0. The Kier molecular flexibility index (Phi) is 7.41. The molecule has 2 aliphatic heterocycles. The lowest BCUT2D eigenvalue weighted by Crippen LogP contribution is -2.61. The maximum Gasteiger partial charge on any atom is 0.154 e. The summed E-state index contributed by atoms with van der Waals surface area (Å²) in [4.78, 5) is 15.6. The zero-order valence-electron chi connectivity index (χ0n) is 19.8. The van der Waals surface area contributed by atoms with Crippen molar-refractivity contribution in [3.05, 3.63) is 41.0 Å². The summed E-state index contributed by atoms with van der Waals surface area (Å²) >= 11 is 6.76. The van der Waals surface area contributed by atoms with Gasteiger partial charge in [-0.2, -0.15) is 0 Å². The van der Waals surface area contributed by atoms with Crippen LogP contribution in [0.1, 0.15) is 45.1 Å². The van der Waals surface area contributed by atoms with Crippen LogP contribution in [0.25, 0.3) is 0 Å². The Labute approximate surface area is 194 Å². The molecule has 2 aliphatic rings. The summed E-state index contributed by atoms with van der Waals surface area (Å²) in [6.45, 7) is 12.1. The third-order valence-corrected chi connectivity index (χ3v) is 8.01. The van der Waals surface area contributed by atoms with E-state index in [-0.39, 0.29) is 17.4 Å². The highest BCUT2D eigenvalue weighted by Gasteiger charge is 2.53. The van der Waals surface area contributed by atoms with E-state index < -0.39 is 13.5 Å². The largest absolute Gasteiger partial charge is 0.497 e. The van der Waals surface area contributed by atoms with Crippen molar-refractivity contribution in [3.8, 4) is 17.2 Å². The van der Waals surface area contributed by atoms with E-state index in [0.717, 1.165) is 38.0 Å². The minimum atomic E-state index is -1.39. The highest BCUT2D eigenvalue weighted by atomic mass is 35.5. The monoisotopic (exact) mass is 457 g/mol. The van der Waals surface area contributed by atoms with Gasteiger partial charge in [0.15, 0.2) is 5.78 Å². The quantitative estimate of drug-likeness (QED) is 0.248. The van der Waals surface area contributed by atoms with Gasteiger partial charge in [-0.3, -0.25) is 9.69 Å². The predicted molar refractivity (Wildman–Crippen MR) is 133 cm³/mol. The molecule has 0 N–H and O–H groups in total. The average Bonchev–Trinajstić information content (AvgIpc) is 3.08. The smallest absolute Gasteiger partial charge is 0.154 e. The van der Waals surface area contributed by atoms with Crippen molar-refractivity contribution in [1.29, 1.82) is 0 Å². The Bertz CT molecular complexity index is 902. The van der Waals surface area contributed by atoms with Gasteiger partial charge in [-0.05, 0) is 50.8 Å². The van der Waals surface area contributed by atoms with Crippen molar-refractivity contribution in [2.75, 3.05) is 13.7 Å². The predicted octanol–water partition coefficient (Wildman–Crippen LogP) is 5.63. The number of halogens is 1. The van der Waals surface area contributed by atoms with Crippen molar-refractivity contribution in [2.24, 2.45) is 0 Å². The number of ketones is 1. The van der Waals surface area contributed by atoms with Crippen LogP contribution in [0.3, 0.4) is 0 Å². The molecule has 0 aliphatic carbocycles. The molecular weight excluding hydrogens is 422 g/mol. The van der Waals surface area contributed by atoms with Crippen LogP contribution < -0.4 is 4.74 Å². The Morgan fingerprint density at radius 2 is 1.90 bits per heavy atom. The van der Waals surface area contributed by atoms with E-state index in [1.165, 1.54) is 16.7 Å². The standard InChI is InChI=1S/C26H36ClNO2Si/c1-19(2)21-16-26(13-7-8-14-31(4,5)6)17-24(29)25(27)23(28(26)18-21)15-20-9-11-22(30-3)12-10-20/h9-12,23,25H,7,13,15-18H2,1-6H3/t23-,25-,26+/m0/s1. The molecule has 3 atom stereocenters. The molecule has 0 amide bonds. The number of carbonyl (C=O) groups excluding carboxylic acids is 1. The summed E-state index contributed by atoms with van der Waals surface area (Å²) in [7, 11) is 0.284. The molecule has 0 aromatic heterocycles. The van der Waals surface area contributed by atoms with Crippen LogP contribution in [0.15, 0.2) is 35.4 Å². The molecule has 168 valence electrons. The molecule has 5 heteroatoms. The first-order chi connectivity index (χ1) is 14.5. The van der Waals surface area contributed by atoms with Crippen LogP contribution in [0.2, 0.25) is 19.6 Å². The summed E-state index contributed by atoms with van der Waals surface area (Å²) in [5.41, 5.74) is 7.34. The van der Waals surface area contributed by atoms with E-state index in [9.17, 15) is 4.79 Å². The van der Waals surface area contributed by atoms with Gasteiger partial charge in [-0.25, -0.2) is 0 Å². The van der Waals surface area contributed by atoms with Crippen LogP contribution >= 0.6 is 11.6 Å². The van der Waals surface area contributed by atoms with Crippen LogP contribution in [-0.4, -0.2) is 49.4 Å². The fourth-order valence-electron chi connectivity index (χ4n) is 4.85. The first-order valence-corrected chi connectivity index (χ1v) is 15.2. The molecule has 1 aromatic rings. The number of hydrogen-bond acceptors (Lipinski definition) is 3. The molecule has 0 saturated carbocycles. The zero-order valence-corrected chi connectivity index (χ0v) is 21.6. The molecular formula is C26H36ClNO2Si. The van der Waals surface area contributed by atoms with Crippen molar-refractivity contribution >= 4 is 25.5 Å². The SMILES string of the molecule is COc1ccc(C[C@H]2[C@H](Cl)C(=O)C[C@@]3(CCC#C[Si](C)(C)C)CC(=C(C)C)CN23)cc1. The van der Waals surface area contributed by atoms with Crippen LogP contribution in [0, 0.1) is 11.5 Å². The Morgan fingerprint density at radius 1 is 1.23 bits per heavy atom. The third kappa shape index (κ3) is 5.63. The first kappa shape index (κ1) is 24.1. The fraction of sp³-hybridized carbons (Fsp3) is 0.577. The summed E-state index contributed by atoms with van der Waals surface area (Å²) in [6, 6.07) is 8.13. The van der Waals surface area contributed by atoms with Gasteiger partial charge >= 0.3 is 0 Å². The second-order valence-electron chi connectivity index (χ2n) is 10.3. The number of ether oxygens (including phenoxy) is 1. The van der Waals surface area contributed by atoms with Gasteiger partial charge in [0.1, 0.15) is 19.2 Å². The summed E-state index contributed by atoms with van der Waals surface area (Å²) < 4.78 is 5.30. The number of carbonyl (C=O) groups is 1. The molecule has 2 fully saturated rings. The number of allylic oxidation sites excluding steroid dienone is 1. The summed E-state index contributed by atoms with van der Waals surface area (Å²) in [5, 5.41) is -0.472. The Morgan fingerprint density at radius 3 is 2.48 bits per heavy atom. The fourth-order valence-corrected chi connectivity index (χ4v) is 5.81. The van der Waals surface area contributed by atoms with Gasteiger partial charge in [-0.15, -0.1) is 23.1 Å². The van der Waals surface area contributed by atoms with E-state index in [1.54, 1.807) is 7.11 Å². The highest BCUT2D eigenvalue weighted by Crippen LogP contribution is 2.47. The molecule has 2 saturated heterocycles. The Hall–Kier alpha value is -1.54. The number of alkyl halides is 1. The van der Waals surface area contributed by atoms with E-state index in [2.05, 4.69) is 62.0 Å². The number of fused-ring (bicyclic) bond motifs is 1. The van der Waals surface area contributed by atoms with E-state index in [1.807, 2.05) is 12.1 Å². The minimum absolute atomic E-state index is 0.00175. The molecule has 1 aromatic carbocycles. The van der Waals surface area contributed by atoms with Crippen molar-refractivity contribution in [2.45, 2.75) is 82.6 Å². The molecule has 0 radical (unpaired) electrons. The topological polar surface area (TPSA) is 29.5 Å². The molecule has 3 rings (SSSR count). The van der Waals surface area contributed by atoms with Gasteiger partial charge < -0.3 is 4.74 Å². The molecule has 3 nitrogen and oxygen atoms in total. The number of benzene rings is 1. The Balaban J connectivity index is 1.90. The summed E-state index contributed by atoms with van der Waals surface area (Å²) in [5.74, 6) is 4.46.